The molecule has 0 saturated carbocycles. The Balaban J connectivity index is 1.80. The van der Waals surface area contributed by atoms with Crippen LogP contribution in [0.25, 0.3) is 0 Å². The van der Waals surface area contributed by atoms with Gasteiger partial charge in [-0.1, -0.05) is 12.1 Å². The fraction of sp³-hybridized carbons (Fsp3) is 0.125. The van der Waals surface area contributed by atoms with E-state index in [-0.39, 0.29) is 11.5 Å². The minimum absolute atomic E-state index is 0.134. The van der Waals surface area contributed by atoms with Crippen LogP contribution in [0, 0.1) is 0 Å². The molecule has 0 unspecified atom stereocenters. The number of carbonyl (C=O) groups is 2. The summed E-state index contributed by atoms with van der Waals surface area (Å²) in [7, 11) is 0. The first-order valence-electron chi connectivity index (χ1n) is 6.48. The van der Waals surface area contributed by atoms with E-state index in [1.165, 1.54) is 12.1 Å². The van der Waals surface area contributed by atoms with Gasteiger partial charge in [-0.2, -0.15) is 0 Å². The third kappa shape index (κ3) is 2.78. The number of anilines is 1. The van der Waals surface area contributed by atoms with E-state index < -0.39 is 5.97 Å². The minimum Gasteiger partial charge on any atom is -0.478 e. The number of rotatable bonds is 3. The Morgan fingerprint density at radius 1 is 1.00 bits per heavy atom. The van der Waals surface area contributed by atoms with Crippen molar-refractivity contribution >= 4 is 17.6 Å². The number of amides is 1. The lowest BCUT2D eigenvalue weighted by Gasteiger charge is -2.07. The number of nitrogens with one attached hydrogen (secondary N) is 1. The molecule has 0 fully saturated rings. The highest BCUT2D eigenvalue weighted by molar-refractivity contribution is 6.05. The molecular weight excluding hydrogens is 270 g/mol. The number of hydrogen-bond acceptors (Lipinski definition) is 3. The number of carboxylic acid groups (broad SMARTS) is 1. The van der Waals surface area contributed by atoms with E-state index in [0.29, 0.717) is 24.5 Å². The molecule has 0 aliphatic carbocycles. The summed E-state index contributed by atoms with van der Waals surface area (Å²) in [5.41, 5.74) is 3.23. The van der Waals surface area contributed by atoms with Crippen LogP contribution in [0.3, 0.4) is 0 Å². The second-order valence-corrected chi connectivity index (χ2v) is 4.82. The molecular formula is C16H13NO4. The number of carbonyl (C=O) groups excluding carboxylic acids is 1. The van der Waals surface area contributed by atoms with E-state index in [9.17, 15) is 9.59 Å². The molecule has 0 atom stereocenters. The summed E-state index contributed by atoms with van der Waals surface area (Å²) in [6.45, 7) is 1.10. The smallest absolute Gasteiger partial charge is 0.335 e. The Labute approximate surface area is 121 Å². The van der Waals surface area contributed by atoms with Crippen LogP contribution in [0.5, 0.6) is 0 Å². The van der Waals surface area contributed by atoms with Gasteiger partial charge in [-0.3, -0.25) is 4.79 Å². The number of ether oxygens (including phenoxy) is 1. The first-order valence-corrected chi connectivity index (χ1v) is 6.48. The van der Waals surface area contributed by atoms with Crippen LogP contribution in [-0.2, 0) is 18.0 Å². The molecule has 0 spiro atoms. The van der Waals surface area contributed by atoms with Crippen molar-refractivity contribution in [3.05, 3.63) is 64.7 Å². The highest BCUT2D eigenvalue weighted by Crippen LogP contribution is 2.21. The van der Waals surface area contributed by atoms with Gasteiger partial charge in [0.05, 0.1) is 18.8 Å². The number of fused-ring (bicyclic) bond motifs is 1. The Bertz CT molecular complexity index is 724. The van der Waals surface area contributed by atoms with E-state index in [1.54, 1.807) is 24.3 Å². The van der Waals surface area contributed by atoms with E-state index in [2.05, 4.69) is 5.32 Å². The molecule has 2 aromatic rings. The molecule has 106 valence electrons. The Morgan fingerprint density at radius 2 is 1.81 bits per heavy atom. The van der Waals surface area contributed by atoms with Gasteiger partial charge in [-0.05, 0) is 41.5 Å². The largest absolute Gasteiger partial charge is 0.478 e. The highest BCUT2D eigenvalue weighted by Gasteiger charge is 2.14. The fourth-order valence-corrected chi connectivity index (χ4v) is 2.25. The number of hydrogen-bond donors (Lipinski definition) is 2. The summed E-state index contributed by atoms with van der Waals surface area (Å²) >= 11 is 0. The Hall–Kier alpha value is -2.66. The fourth-order valence-electron chi connectivity index (χ4n) is 2.25. The summed E-state index contributed by atoms with van der Waals surface area (Å²) in [4.78, 5) is 23.1. The molecule has 0 radical (unpaired) electrons. The van der Waals surface area contributed by atoms with Crippen LogP contribution >= 0.6 is 0 Å². The first-order chi connectivity index (χ1) is 10.1. The summed E-state index contributed by atoms with van der Waals surface area (Å²) in [5, 5.41) is 11.6. The third-order valence-electron chi connectivity index (χ3n) is 3.35. The van der Waals surface area contributed by atoms with Gasteiger partial charge in [0.2, 0.25) is 0 Å². The molecule has 0 bridgehead atoms. The lowest BCUT2D eigenvalue weighted by molar-refractivity contribution is 0.0696. The first kappa shape index (κ1) is 13.3. The summed E-state index contributed by atoms with van der Waals surface area (Å²) in [6.07, 6.45) is 0. The van der Waals surface area contributed by atoms with Crippen LogP contribution in [0.1, 0.15) is 31.8 Å². The van der Waals surface area contributed by atoms with Gasteiger partial charge in [0, 0.05) is 11.3 Å². The highest BCUT2D eigenvalue weighted by atomic mass is 16.5. The maximum absolute atomic E-state index is 12.2. The van der Waals surface area contributed by atoms with Gasteiger partial charge >= 0.3 is 5.97 Å². The van der Waals surface area contributed by atoms with Gasteiger partial charge in [0.25, 0.3) is 5.91 Å². The maximum atomic E-state index is 12.2. The molecule has 1 aliphatic heterocycles. The summed E-state index contributed by atoms with van der Waals surface area (Å²) in [5.74, 6) is -1.30. The lowest BCUT2D eigenvalue weighted by atomic mass is 10.1. The molecule has 3 rings (SSSR count). The van der Waals surface area contributed by atoms with Crippen LogP contribution in [-0.4, -0.2) is 17.0 Å². The zero-order valence-corrected chi connectivity index (χ0v) is 11.1. The van der Waals surface area contributed by atoms with Crippen molar-refractivity contribution in [1.29, 1.82) is 0 Å². The molecule has 21 heavy (non-hydrogen) atoms. The number of benzene rings is 2. The lowest BCUT2D eigenvalue weighted by Crippen LogP contribution is -2.12. The standard InChI is InChI=1S/C16H13NO4/c18-15(10-4-5-12-8-21-9-13(12)6-10)17-14-3-1-2-11(7-14)16(19)20/h1-7H,8-9H2,(H,17,18)(H,19,20). The normalized spacial score (nSPS) is 12.8. The topological polar surface area (TPSA) is 75.6 Å². The van der Waals surface area contributed by atoms with Gasteiger partial charge in [0.15, 0.2) is 0 Å². The van der Waals surface area contributed by atoms with Crippen LogP contribution in [0.2, 0.25) is 0 Å². The zero-order valence-electron chi connectivity index (χ0n) is 11.1. The minimum atomic E-state index is -1.03. The van der Waals surface area contributed by atoms with Crippen molar-refractivity contribution in [1.82, 2.24) is 0 Å². The molecule has 2 aromatic carbocycles. The second kappa shape index (κ2) is 5.38. The quantitative estimate of drug-likeness (QED) is 0.908. The zero-order chi connectivity index (χ0) is 14.8. The molecule has 5 heteroatoms. The number of aromatic carboxylic acids is 1. The van der Waals surface area contributed by atoms with Crippen molar-refractivity contribution in [3.63, 3.8) is 0 Å². The molecule has 1 aliphatic rings. The van der Waals surface area contributed by atoms with Crippen molar-refractivity contribution < 1.29 is 19.4 Å². The number of carboxylic acids is 1. The average Bonchev–Trinajstić information content (AvgIpc) is 2.94. The predicted octanol–water partition coefficient (Wildman–Crippen LogP) is 2.67. The third-order valence-corrected chi connectivity index (χ3v) is 3.35. The maximum Gasteiger partial charge on any atom is 0.335 e. The molecule has 5 nitrogen and oxygen atoms in total. The van der Waals surface area contributed by atoms with Crippen molar-refractivity contribution in [2.24, 2.45) is 0 Å². The molecule has 0 aromatic heterocycles. The van der Waals surface area contributed by atoms with E-state index in [0.717, 1.165) is 11.1 Å². The van der Waals surface area contributed by atoms with Crippen molar-refractivity contribution in [2.75, 3.05) is 5.32 Å². The van der Waals surface area contributed by atoms with Crippen LogP contribution < -0.4 is 5.32 Å². The van der Waals surface area contributed by atoms with E-state index in [4.69, 9.17) is 9.84 Å². The summed E-state index contributed by atoms with van der Waals surface area (Å²) < 4.78 is 5.31. The van der Waals surface area contributed by atoms with Crippen molar-refractivity contribution in [3.8, 4) is 0 Å². The molecule has 1 amide bonds. The van der Waals surface area contributed by atoms with Crippen LogP contribution in [0.4, 0.5) is 5.69 Å². The van der Waals surface area contributed by atoms with E-state index >= 15 is 0 Å². The van der Waals surface area contributed by atoms with Gasteiger partial charge in [-0.25, -0.2) is 4.79 Å². The molecule has 2 N–H and O–H groups in total. The van der Waals surface area contributed by atoms with Crippen LogP contribution in [0.15, 0.2) is 42.5 Å². The van der Waals surface area contributed by atoms with Gasteiger partial charge in [-0.15, -0.1) is 0 Å². The second-order valence-electron chi connectivity index (χ2n) is 4.82. The monoisotopic (exact) mass is 283 g/mol. The SMILES string of the molecule is O=C(O)c1cccc(NC(=O)c2ccc3c(c2)COC3)c1. The van der Waals surface area contributed by atoms with Crippen molar-refractivity contribution in [2.45, 2.75) is 13.2 Å². The Morgan fingerprint density at radius 3 is 2.62 bits per heavy atom. The Kier molecular flexibility index (Phi) is 3.41. The molecule has 0 saturated heterocycles. The van der Waals surface area contributed by atoms with Gasteiger partial charge < -0.3 is 15.2 Å². The van der Waals surface area contributed by atoms with Gasteiger partial charge in [0.1, 0.15) is 0 Å². The average molecular weight is 283 g/mol. The summed E-state index contributed by atoms with van der Waals surface area (Å²) in [6, 6.07) is 11.6. The molecule has 1 heterocycles. The van der Waals surface area contributed by atoms with E-state index in [1.807, 2.05) is 6.07 Å². The predicted molar refractivity (Wildman–Crippen MR) is 76.3 cm³/mol.